The number of fused-ring (bicyclic) bond motifs is 3. The van der Waals surface area contributed by atoms with Crippen LogP contribution in [0.25, 0.3) is 49.4 Å². The Morgan fingerprint density at radius 3 is 0.908 bits per heavy atom. The minimum absolute atomic E-state index is 0.0607. The number of carbonyl (C=O) groups is 3. The fraction of sp³-hybridized carbons (Fsp3) is 0.268. The van der Waals surface area contributed by atoms with E-state index in [2.05, 4.69) is 46.6 Å². The summed E-state index contributed by atoms with van der Waals surface area (Å²) >= 11 is 19.9. The number of piperidine rings is 1. The van der Waals surface area contributed by atoms with E-state index >= 15 is 0 Å². The van der Waals surface area contributed by atoms with Crippen LogP contribution in [0.3, 0.4) is 0 Å². The summed E-state index contributed by atoms with van der Waals surface area (Å²) in [7, 11) is -12.1. The summed E-state index contributed by atoms with van der Waals surface area (Å²) in [5.74, 6) is 0. The summed E-state index contributed by atoms with van der Waals surface area (Å²) in [4.78, 5) is 83.8. The van der Waals surface area contributed by atoms with Crippen molar-refractivity contribution in [3.05, 3.63) is 245 Å². The Morgan fingerprint density at radius 1 is 0.345 bits per heavy atom. The number of thiophene rings is 3. The first-order chi connectivity index (χ1) is 57.3. The van der Waals surface area contributed by atoms with E-state index < -0.39 is 48.2 Å². The minimum atomic E-state index is -4.04. The van der Waals surface area contributed by atoms with Crippen LogP contribution in [0.1, 0.15) is 51.4 Å². The van der Waals surface area contributed by atoms with Crippen molar-refractivity contribution in [2.75, 3.05) is 124 Å². The van der Waals surface area contributed by atoms with Gasteiger partial charge in [-0.1, -0.05) is 41.2 Å². The van der Waals surface area contributed by atoms with E-state index in [4.69, 9.17) is 39.5 Å². The quantitative estimate of drug-likeness (QED) is 0.0216. The molecule has 9 N–H and O–H groups in total. The molecule has 119 heavy (non-hydrogen) atoms. The van der Waals surface area contributed by atoms with Crippen molar-refractivity contribution in [1.29, 1.82) is 0 Å². The number of benzene rings is 6. The number of ether oxygens (including phenoxy) is 1. The monoisotopic (exact) mass is 1790 g/mol. The van der Waals surface area contributed by atoms with Crippen LogP contribution in [-0.4, -0.2) is 163 Å². The maximum Gasteiger partial charge on any atom is 0.333 e. The summed E-state index contributed by atoms with van der Waals surface area (Å²) in [5.41, 5.74) is 5.36. The van der Waals surface area contributed by atoms with E-state index in [0.717, 1.165) is 152 Å². The number of halogens is 3. The standard InChI is InChI=1S/C28H30ClN5O4S2.C27H28ClN5O5S2.C27H28ClN5O4S2/c29-25-11-12-26(39-25)40(37,38)32-28(36)31-21-5-8-23(9-6-21)34-18-13-20-19-22(7-10-24(20)27(34)35)30-14-4-17-33-15-2-1-3-16-33;28-24-8-9-25(39-24)40(36,37)31-27(35)30-20-2-5-22(6-3-20)33-13-10-19-18-21(4-7-23(19)26(33)34)29-11-1-12-32-14-16-38-17-15-32;28-24-10-11-25(38-24)39(36,37)31-27(35)30-20-4-7-22(8-5-20)33-17-12-19-18-21(6-9-23(19)26(33)34)29-13-3-16-32-14-1-2-15-32/h5-13,18-19,30H,1-4,14-17H2,(H2,31,32,36);2-10,13,18,29H,1,11-12,14-17H2,(H2,30,31,35);4-12,17-18,29H,1-3,13-16H2,(H2,30,31,35). The lowest BCUT2D eigenvalue weighted by atomic mass is 10.1. The third-order valence-corrected chi connectivity index (χ3v) is 28.9. The van der Waals surface area contributed by atoms with E-state index in [9.17, 15) is 54.0 Å². The Balaban J connectivity index is 0.000000155. The maximum absolute atomic E-state index is 13.2. The molecule has 6 aromatic carbocycles. The Kier molecular flexibility index (Phi) is 29.3. The van der Waals surface area contributed by atoms with Crippen molar-refractivity contribution in [1.82, 2.24) is 42.6 Å². The SMILES string of the molecule is O=C(Nc1ccc(-n2ccc3cc(NCCCN4CCCC4)ccc3c2=O)cc1)NS(=O)(=O)c1ccc(Cl)s1.O=C(Nc1ccc(-n2ccc3cc(NCCCN4CCCCC4)ccc3c2=O)cc1)NS(=O)(=O)c1ccc(Cl)s1.O=C(Nc1ccc(-n2ccc3cc(NCCCN4CCOCC4)ccc3c2=O)cc1)NS(=O)(=O)c1ccc(Cl)s1. The highest BCUT2D eigenvalue weighted by Gasteiger charge is 2.24. The van der Waals surface area contributed by atoms with Gasteiger partial charge < -0.3 is 46.4 Å². The van der Waals surface area contributed by atoms with Gasteiger partial charge in [-0.3, -0.25) is 33.0 Å². The number of nitrogens with one attached hydrogen (secondary N) is 9. The molecule has 15 rings (SSSR count). The zero-order valence-corrected chi connectivity index (χ0v) is 71.3. The molecule has 3 fully saturated rings. The fourth-order valence-corrected chi connectivity index (χ4v) is 20.9. The lowest BCUT2D eigenvalue weighted by Crippen LogP contribution is -2.37. The summed E-state index contributed by atoms with van der Waals surface area (Å²) in [6.45, 7) is 14.2. The molecule has 12 aromatic rings. The molecule has 0 radical (unpaired) electrons. The van der Waals surface area contributed by atoms with Gasteiger partial charge in [0.15, 0.2) is 0 Å². The number of aromatic nitrogens is 3. The molecule has 624 valence electrons. The normalized spacial score (nSPS) is 14.1. The van der Waals surface area contributed by atoms with Crippen LogP contribution >= 0.6 is 68.8 Å². The van der Waals surface area contributed by atoms with Crippen LogP contribution in [0.5, 0.6) is 0 Å². The second kappa shape index (κ2) is 40.3. The largest absolute Gasteiger partial charge is 0.385 e. The molecule has 3 saturated heterocycles. The van der Waals surface area contributed by atoms with Crippen molar-refractivity contribution in [3.8, 4) is 17.1 Å². The zero-order chi connectivity index (χ0) is 83.6. The highest BCUT2D eigenvalue weighted by Crippen LogP contribution is 2.30. The number of carbonyl (C=O) groups excluding carboxylic acids is 3. The molecule has 0 spiro atoms. The van der Waals surface area contributed by atoms with Crippen LogP contribution < -0.4 is 62.7 Å². The smallest absolute Gasteiger partial charge is 0.333 e. The third kappa shape index (κ3) is 23.7. The van der Waals surface area contributed by atoms with E-state index in [-0.39, 0.29) is 29.3 Å². The average Bonchev–Trinajstić information content (AvgIpc) is 1.76. The number of sulfonamides is 3. The van der Waals surface area contributed by atoms with Crippen LogP contribution in [0.2, 0.25) is 13.0 Å². The number of nitrogens with zero attached hydrogens (tertiary/aromatic N) is 6. The van der Waals surface area contributed by atoms with E-state index in [1.54, 1.807) is 91.4 Å². The number of pyridine rings is 3. The van der Waals surface area contributed by atoms with Gasteiger partial charge in [-0.15, -0.1) is 34.0 Å². The highest BCUT2D eigenvalue weighted by molar-refractivity contribution is 7.93. The molecule has 0 aliphatic carbocycles. The number of amides is 6. The molecule has 6 aromatic heterocycles. The third-order valence-electron chi connectivity index (χ3n) is 19.7. The highest BCUT2D eigenvalue weighted by atomic mass is 35.5. The number of rotatable bonds is 27. The second-order valence-electron chi connectivity index (χ2n) is 28.1. The molecule has 37 heteroatoms. The molecule has 0 bridgehead atoms. The summed E-state index contributed by atoms with van der Waals surface area (Å²) in [5, 5.41) is 22.1. The van der Waals surface area contributed by atoms with Crippen molar-refractivity contribution in [3.63, 3.8) is 0 Å². The predicted molar refractivity (Wildman–Crippen MR) is 477 cm³/mol. The van der Waals surface area contributed by atoms with Gasteiger partial charge in [0.1, 0.15) is 12.6 Å². The molecular formula is C82H86Cl3N15O13S6. The average molecular weight is 1790 g/mol. The molecule has 3 aliphatic heterocycles. The molecule has 0 unspecified atom stereocenters. The van der Waals surface area contributed by atoms with E-state index in [1.165, 1.54) is 108 Å². The van der Waals surface area contributed by atoms with Gasteiger partial charge in [0, 0.05) is 119 Å². The van der Waals surface area contributed by atoms with Gasteiger partial charge in [0.25, 0.3) is 46.7 Å². The van der Waals surface area contributed by atoms with Gasteiger partial charge in [0.2, 0.25) is 0 Å². The maximum atomic E-state index is 13.2. The fourth-order valence-electron chi connectivity index (χ4n) is 13.7. The molecule has 0 saturated carbocycles. The van der Waals surface area contributed by atoms with Gasteiger partial charge in [-0.05, 0) is 289 Å². The van der Waals surface area contributed by atoms with E-state index in [0.29, 0.717) is 63.3 Å². The number of hydrogen-bond donors (Lipinski definition) is 9. The van der Waals surface area contributed by atoms with Gasteiger partial charge in [-0.25, -0.2) is 53.8 Å². The number of morpholine rings is 1. The van der Waals surface area contributed by atoms with Crippen LogP contribution in [-0.2, 0) is 34.8 Å². The topological polar surface area (TPSA) is 347 Å². The van der Waals surface area contributed by atoms with Crippen LogP contribution in [0, 0.1) is 0 Å². The van der Waals surface area contributed by atoms with Crippen LogP contribution in [0.4, 0.5) is 48.5 Å². The van der Waals surface area contributed by atoms with Crippen molar-refractivity contribution in [2.24, 2.45) is 0 Å². The molecule has 28 nitrogen and oxygen atoms in total. The molecule has 9 heterocycles. The van der Waals surface area contributed by atoms with E-state index in [1.807, 2.05) is 87.0 Å². The number of hydrogen-bond acceptors (Lipinski definition) is 22. The summed E-state index contributed by atoms with van der Waals surface area (Å²) in [6, 6.07) is 48.0. The summed E-state index contributed by atoms with van der Waals surface area (Å²) < 4.78 is 90.4. The lowest BCUT2D eigenvalue weighted by molar-refractivity contribution is 0.0378. The number of anilines is 6. The molecule has 3 aliphatic rings. The minimum Gasteiger partial charge on any atom is -0.385 e. The zero-order valence-electron chi connectivity index (χ0n) is 64.2. The number of likely N-dealkylation sites (tertiary alicyclic amines) is 2. The summed E-state index contributed by atoms with van der Waals surface area (Å²) in [6.07, 6.45) is 14.9. The van der Waals surface area contributed by atoms with Crippen molar-refractivity contribution < 1.29 is 44.4 Å². The van der Waals surface area contributed by atoms with Crippen molar-refractivity contribution in [2.45, 2.75) is 64.0 Å². The molecular weight excluding hydrogens is 1700 g/mol. The second-order valence-corrected chi connectivity index (χ2v) is 39.0. The number of urea groups is 3. The van der Waals surface area contributed by atoms with Gasteiger partial charge >= 0.3 is 18.1 Å². The first kappa shape index (κ1) is 86.7. The Hall–Kier alpha value is -10.2. The van der Waals surface area contributed by atoms with Crippen LogP contribution in [0.15, 0.2) is 228 Å². The first-order valence-corrected chi connectivity index (χ1v) is 46.4. The first-order valence-electron chi connectivity index (χ1n) is 38.4. The van der Waals surface area contributed by atoms with Gasteiger partial charge in [0.05, 0.1) is 26.2 Å². The predicted octanol–water partition coefficient (Wildman–Crippen LogP) is 15.0. The molecule has 0 atom stereocenters. The Morgan fingerprint density at radius 2 is 0.622 bits per heavy atom. The Labute approximate surface area is 714 Å². The molecule has 6 amide bonds. The Bertz CT molecular complexity index is 5900. The lowest BCUT2D eigenvalue weighted by Gasteiger charge is -2.26. The van der Waals surface area contributed by atoms with Gasteiger partial charge in [-0.2, -0.15) is 0 Å². The van der Waals surface area contributed by atoms with Crippen molar-refractivity contribution >= 4 is 183 Å².